The van der Waals surface area contributed by atoms with E-state index in [0.29, 0.717) is 12.3 Å². The number of nitrogens with two attached hydrogens (primary N) is 1. The number of rotatable bonds is 4. The van der Waals surface area contributed by atoms with Gasteiger partial charge in [0.05, 0.1) is 0 Å². The van der Waals surface area contributed by atoms with Crippen molar-refractivity contribution < 1.29 is 9.90 Å². The standard InChI is InChI=1S/C6H12ClNO2/c1-4(2-3-7)5(8)6(9)10/h4-5H,2-3,8H2,1H3,(H,9,10)/t4-,5-/m0/s1. The van der Waals surface area contributed by atoms with E-state index in [9.17, 15) is 4.79 Å². The molecule has 0 saturated carbocycles. The van der Waals surface area contributed by atoms with E-state index < -0.39 is 12.0 Å². The van der Waals surface area contributed by atoms with Crippen molar-refractivity contribution in [3.05, 3.63) is 0 Å². The van der Waals surface area contributed by atoms with E-state index in [-0.39, 0.29) is 5.92 Å². The van der Waals surface area contributed by atoms with Gasteiger partial charge in [0, 0.05) is 5.88 Å². The van der Waals surface area contributed by atoms with Crippen molar-refractivity contribution in [3.63, 3.8) is 0 Å². The van der Waals surface area contributed by atoms with Gasteiger partial charge in [-0.2, -0.15) is 0 Å². The summed E-state index contributed by atoms with van der Waals surface area (Å²) in [6, 6.07) is -0.779. The van der Waals surface area contributed by atoms with E-state index in [1.54, 1.807) is 6.92 Å². The van der Waals surface area contributed by atoms with Crippen molar-refractivity contribution in [1.82, 2.24) is 0 Å². The van der Waals surface area contributed by atoms with Crippen molar-refractivity contribution in [1.29, 1.82) is 0 Å². The van der Waals surface area contributed by atoms with Crippen molar-refractivity contribution in [2.24, 2.45) is 11.7 Å². The van der Waals surface area contributed by atoms with Crippen LogP contribution in [-0.4, -0.2) is 23.0 Å². The Morgan fingerprint density at radius 2 is 2.30 bits per heavy atom. The Bertz CT molecular complexity index is 118. The van der Waals surface area contributed by atoms with Gasteiger partial charge in [0.1, 0.15) is 6.04 Å². The fourth-order valence-electron chi connectivity index (χ4n) is 0.595. The minimum absolute atomic E-state index is 0.0463. The molecular weight excluding hydrogens is 154 g/mol. The van der Waals surface area contributed by atoms with Gasteiger partial charge in [-0.3, -0.25) is 4.79 Å². The SMILES string of the molecule is C[C@@H](CCCl)[C@H](N)C(=O)O. The van der Waals surface area contributed by atoms with E-state index in [4.69, 9.17) is 22.4 Å². The van der Waals surface area contributed by atoms with Gasteiger partial charge < -0.3 is 10.8 Å². The summed E-state index contributed by atoms with van der Waals surface area (Å²) in [5, 5.41) is 8.41. The van der Waals surface area contributed by atoms with Crippen molar-refractivity contribution in [2.75, 3.05) is 5.88 Å². The maximum Gasteiger partial charge on any atom is 0.320 e. The fourth-order valence-corrected chi connectivity index (χ4v) is 0.939. The summed E-state index contributed by atoms with van der Waals surface area (Å²) in [5.74, 6) is -0.546. The predicted molar refractivity (Wildman–Crippen MR) is 40.1 cm³/mol. The highest BCUT2D eigenvalue weighted by molar-refractivity contribution is 6.17. The lowest BCUT2D eigenvalue weighted by Gasteiger charge is -2.13. The van der Waals surface area contributed by atoms with Crippen LogP contribution in [0.4, 0.5) is 0 Å². The number of hydrogen-bond acceptors (Lipinski definition) is 2. The molecule has 0 aliphatic rings. The smallest absolute Gasteiger partial charge is 0.320 e. The Hall–Kier alpha value is -0.280. The first-order chi connectivity index (χ1) is 4.59. The molecule has 0 aromatic carbocycles. The Labute approximate surface area is 65.2 Å². The van der Waals surface area contributed by atoms with Crippen molar-refractivity contribution >= 4 is 17.6 Å². The maximum atomic E-state index is 10.2. The Balaban J connectivity index is 3.69. The molecular formula is C6H12ClNO2. The van der Waals surface area contributed by atoms with Crippen LogP contribution in [0.5, 0.6) is 0 Å². The zero-order valence-electron chi connectivity index (χ0n) is 5.88. The largest absolute Gasteiger partial charge is 0.480 e. The van der Waals surface area contributed by atoms with Crippen LogP contribution in [0.15, 0.2) is 0 Å². The first kappa shape index (κ1) is 9.72. The van der Waals surface area contributed by atoms with Gasteiger partial charge in [0.2, 0.25) is 0 Å². The molecule has 0 bridgehead atoms. The van der Waals surface area contributed by atoms with E-state index in [1.165, 1.54) is 0 Å². The monoisotopic (exact) mass is 165 g/mol. The molecule has 60 valence electrons. The second-order valence-corrected chi connectivity index (χ2v) is 2.70. The van der Waals surface area contributed by atoms with Crippen LogP contribution in [0.2, 0.25) is 0 Å². The summed E-state index contributed by atoms with van der Waals surface area (Å²) < 4.78 is 0. The normalized spacial score (nSPS) is 16.3. The molecule has 0 aliphatic heterocycles. The highest BCUT2D eigenvalue weighted by Crippen LogP contribution is 2.06. The number of carboxylic acid groups (broad SMARTS) is 1. The molecule has 3 nitrogen and oxygen atoms in total. The quantitative estimate of drug-likeness (QED) is 0.602. The lowest BCUT2D eigenvalue weighted by Crippen LogP contribution is -2.36. The van der Waals surface area contributed by atoms with Crippen LogP contribution in [0, 0.1) is 5.92 Å². The zero-order chi connectivity index (χ0) is 8.15. The summed E-state index contributed by atoms with van der Waals surface area (Å²) in [6.07, 6.45) is 0.648. The molecule has 3 N–H and O–H groups in total. The highest BCUT2D eigenvalue weighted by atomic mass is 35.5. The summed E-state index contributed by atoms with van der Waals surface area (Å²) in [6.45, 7) is 1.78. The predicted octanol–water partition coefficient (Wildman–Crippen LogP) is 0.663. The average molecular weight is 166 g/mol. The van der Waals surface area contributed by atoms with Crippen molar-refractivity contribution in [3.8, 4) is 0 Å². The lowest BCUT2D eigenvalue weighted by atomic mass is 10.0. The second kappa shape index (κ2) is 4.52. The average Bonchev–Trinajstić information content (AvgIpc) is 1.87. The molecule has 0 amide bonds. The van der Waals surface area contributed by atoms with Crippen LogP contribution in [0.25, 0.3) is 0 Å². The molecule has 0 spiro atoms. The highest BCUT2D eigenvalue weighted by Gasteiger charge is 2.18. The third-order valence-corrected chi connectivity index (χ3v) is 1.68. The fraction of sp³-hybridized carbons (Fsp3) is 0.833. The molecule has 10 heavy (non-hydrogen) atoms. The van der Waals surface area contributed by atoms with E-state index in [1.807, 2.05) is 0 Å². The molecule has 2 atom stereocenters. The molecule has 4 heteroatoms. The van der Waals surface area contributed by atoms with E-state index in [0.717, 1.165) is 0 Å². The molecule has 0 heterocycles. The minimum atomic E-state index is -0.961. The van der Waals surface area contributed by atoms with Gasteiger partial charge in [0.25, 0.3) is 0 Å². The Morgan fingerprint density at radius 1 is 1.80 bits per heavy atom. The van der Waals surface area contributed by atoms with Gasteiger partial charge in [-0.1, -0.05) is 6.92 Å². The molecule has 0 fully saturated rings. The zero-order valence-corrected chi connectivity index (χ0v) is 6.64. The molecule has 0 rings (SSSR count). The Morgan fingerprint density at radius 3 is 2.60 bits per heavy atom. The van der Waals surface area contributed by atoms with Gasteiger partial charge in [0.15, 0.2) is 0 Å². The molecule has 0 unspecified atom stereocenters. The molecule has 0 aromatic rings. The molecule has 0 aliphatic carbocycles. The second-order valence-electron chi connectivity index (χ2n) is 2.32. The summed E-state index contributed by atoms with van der Waals surface area (Å²) in [4.78, 5) is 10.2. The van der Waals surface area contributed by atoms with E-state index in [2.05, 4.69) is 0 Å². The van der Waals surface area contributed by atoms with Gasteiger partial charge in [-0.15, -0.1) is 11.6 Å². The van der Waals surface area contributed by atoms with E-state index >= 15 is 0 Å². The molecule has 0 radical (unpaired) electrons. The first-order valence-electron chi connectivity index (χ1n) is 3.14. The van der Waals surface area contributed by atoms with Gasteiger partial charge >= 0.3 is 5.97 Å². The first-order valence-corrected chi connectivity index (χ1v) is 3.67. The number of halogens is 1. The number of carbonyl (C=O) groups is 1. The number of aliphatic carboxylic acids is 1. The van der Waals surface area contributed by atoms with Crippen LogP contribution in [-0.2, 0) is 4.79 Å². The number of alkyl halides is 1. The van der Waals surface area contributed by atoms with Crippen molar-refractivity contribution in [2.45, 2.75) is 19.4 Å². The van der Waals surface area contributed by atoms with Gasteiger partial charge in [-0.25, -0.2) is 0 Å². The van der Waals surface area contributed by atoms with Crippen LogP contribution >= 0.6 is 11.6 Å². The topological polar surface area (TPSA) is 63.3 Å². The number of carboxylic acids is 1. The minimum Gasteiger partial charge on any atom is -0.480 e. The maximum absolute atomic E-state index is 10.2. The van der Waals surface area contributed by atoms with Crippen LogP contribution < -0.4 is 5.73 Å². The third kappa shape index (κ3) is 3.03. The molecule has 0 aromatic heterocycles. The lowest BCUT2D eigenvalue weighted by molar-refractivity contribution is -0.139. The summed E-state index contributed by atoms with van der Waals surface area (Å²) >= 11 is 5.40. The Kier molecular flexibility index (Phi) is 4.40. The van der Waals surface area contributed by atoms with Gasteiger partial charge in [-0.05, 0) is 12.3 Å². The van der Waals surface area contributed by atoms with Crippen LogP contribution in [0.1, 0.15) is 13.3 Å². The summed E-state index contributed by atoms with van der Waals surface area (Å²) in [7, 11) is 0. The summed E-state index contributed by atoms with van der Waals surface area (Å²) in [5.41, 5.74) is 5.29. The third-order valence-electron chi connectivity index (χ3n) is 1.46. The number of hydrogen-bond donors (Lipinski definition) is 2. The molecule has 0 saturated heterocycles. The van der Waals surface area contributed by atoms with Crippen LogP contribution in [0.3, 0.4) is 0 Å².